The first-order valence-electron chi connectivity index (χ1n) is 6.59. The molecule has 0 radical (unpaired) electrons. The van der Waals surface area contributed by atoms with Crippen molar-refractivity contribution in [3.8, 4) is 0 Å². The highest BCUT2D eigenvalue weighted by atomic mass is 32.1. The van der Waals surface area contributed by atoms with E-state index in [9.17, 15) is 0 Å². The predicted molar refractivity (Wildman–Crippen MR) is 73.3 cm³/mol. The van der Waals surface area contributed by atoms with Gasteiger partial charge in [0.2, 0.25) is 0 Å². The van der Waals surface area contributed by atoms with Crippen LogP contribution in [-0.2, 0) is 6.54 Å². The van der Waals surface area contributed by atoms with Crippen molar-refractivity contribution in [3.63, 3.8) is 0 Å². The molecule has 1 aromatic rings. The molecule has 2 unspecified atom stereocenters. The fraction of sp³-hybridized carbons (Fsp3) is 0.769. The summed E-state index contributed by atoms with van der Waals surface area (Å²) in [6.45, 7) is 5.55. The van der Waals surface area contributed by atoms with Gasteiger partial charge in [0.1, 0.15) is 0 Å². The van der Waals surface area contributed by atoms with E-state index in [1.807, 2.05) is 5.51 Å². The van der Waals surface area contributed by atoms with Crippen LogP contribution in [0.2, 0.25) is 0 Å². The Kier molecular flexibility index (Phi) is 4.95. The van der Waals surface area contributed by atoms with Crippen LogP contribution in [0.1, 0.15) is 31.9 Å². The number of rotatable bonds is 7. The summed E-state index contributed by atoms with van der Waals surface area (Å²) in [5, 5.41) is 5.69. The van der Waals surface area contributed by atoms with Crippen molar-refractivity contribution in [2.24, 2.45) is 5.92 Å². The highest BCUT2D eigenvalue weighted by Crippen LogP contribution is 2.31. The third kappa shape index (κ3) is 3.50. The molecule has 0 aromatic carbocycles. The molecular formula is C13H23N3S. The molecule has 0 aliphatic heterocycles. The Labute approximate surface area is 108 Å². The monoisotopic (exact) mass is 253 g/mol. The van der Waals surface area contributed by atoms with Crippen molar-refractivity contribution in [2.75, 3.05) is 20.1 Å². The van der Waals surface area contributed by atoms with E-state index in [0.717, 1.165) is 25.0 Å². The zero-order chi connectivity index (χ0) is 12.1. The molecule has 17 heavy (non-hydrogen) atoms. The fourth-order valence-corrected chi connectivity index (χ4v) is 3.07. The van der Waals surface area contributed by atoms with Crippen LogP contribution in [0.3, 0.4) is 0 Å². The van der Waals surface area contributed by atoms with Crippen LogP contribution in [0.4, 0.5) is 0 Å². The summed E-state index contributed by atoms with van der Waals surface area (Å²) >= 11 is 1.69. The molecule has 0 bridgehead atoms. The van der Waals surface area contributed by atoms with Gasteiger partial charge in [-0.15, -0.1) is 11.3 Å². The van der Waals surface area contributed by atoms with Crippen LogP contribution < -0.4 is 5.32 Å². The summed E-state index contributed by atoms with van der Waals surface area (Å²) in [6.07, 6.45) is 3.95. The van der Waals surface area contributed by atoms with E-state index in [1.165, 1.54) is 31.5 Å². The van der Waals surface area contributed by atoms with Gasteiger partial charge in [-0.25, -0.2) is 4.98 Å². The van der Waals surface area contributed by atoms with E-state index in [2.05, 4.69) is 34.6 Å². The summed E-state index contributed by atoms with van der Waals surface area (Å²) in [6, 6.07) is 0.751. The smallest absolute Gasteiger partial charge is 0.0795 e. The quantitative estimate of drug-likeness (QED) is 0.756. The lowest BCUT2D eigenvalue weighted by molar-refractivity contribution is 0.0774. The summed E-state index contributed by atoms with van der Waals surface area (Å²) in [7, 11) is 2.23. The van der Waals surface area contributed by atoms with Crippen molar-refractivity contribution in [3.05, 3.63) is 16.6 Å². The normalized spacial score (nSPS) is 23.9. The Morgan fingerprint density at radius 3 is 3.00 bits per heavy atom. The van der Waals surface area contributed by atoms with Crippen LogP contribution in [0.25, 0.3) is 0 Å². The Hall–Kier alpha value is -0.450. The maximum Gasteiger partial charge on any atom is 0.0795 e. The summed E-state index contributed by atoms with van der Waals surface area (Å²) < 4.78 is 0. The maximum atomic E-state index is 4.36. The van der Waals surface area contributed by atoms with Gasteiger partial charge < -0.3 is 5.32 Å². The van der Waals surface area contributed by atoms with E-state index in [1.54, 1.807) is 11.3 Å². The topological polar surface area (TPSA) is 28.2 Å². The van der Waals surface area contributed by atoms with Crippen LogP contribution in [0.15, 0.2) is 10.9 Å². The molecule has 1 N–H and O–H groups in total. The van der Waals surface area contributed by atoms with Gasteiger partial charge in [-0.1, -0.05) is 6.92 Å². The van der Waals surface area contributed by atoms with Gasteiger partial charge in [0.25, 0.3) is 0 Å². The van der Waals surface area contributed by atoms with Crippen molar-refractivity contribution in [2.45, 2.75) is 38.8 Å². The molecule has 1 saturated carbocycles. The van der Waals surface area contributed by atoms with Crippen molar-refractivity contribution in [1.29, 1.82) is 0 Å². The number of hydrogen-bond acceptors (Lipinski definition) is 4. The fourth-order valence-electron chi connectivity index (χ4n) is 2.52. The van der Waals surface area contributed by atoms with Crippen LogP contribution in [0.5, 0.6) is 0 Å². The average Bonchev–Trinajstić information content (AvgIpc) is 2.75. The van der Waals surface area contributed by atoms with Gasteiger partial charge in [0.15, 0.2) is 0 Å². The van der Waals surface area contributed by atoms with Gasteiger partial charge in [-0.2, -0.15) is 0 Å². The third-order valence-corrected chi connectivity index (χ3v) is 4.31. The summed E-state index contributed by atoms with van der Waals surface area (Å²) in [5.74, 6) is 0.838. The second-order valence-electron chi connectivity index (χ2n) is 5.00. The highest BCUT2D eigenvalue weighted by Gasteiger charge is 2.33. The lowest BCUT2D eigenvalue weighted by Gasteiger charge is -2.42. The molecule has 2 rings (SSSR count). The lowest BCUT2D eigenvalue weighted by Crippen LogP contribution is -2.48. The minimum atomic E-state index is 0.751. The zero-order valence-corrected chi connectivity index (χ0v) is 11.7. The summed E-state index contributed by atoms with van der Waals surface area (Å²) in [5.41, 5.74) is 3.13. The van der Waals surface area contributed by atoms with Gasteiger partial charge >= 0.3 is 0 Å². The minimum Gasteiger partial charge on any atom is -0.316 e. The Morgan fingerprint density at radius 1 is 1.53 bits per heavy atom. The van der Waals surface area contributed by atoms with E-state index < -0.39 is 0 Å². The second-order valence-corrected chi connectivity index (χ2v) is 5.72. The average molecular weight is 253 g/mol. The number of nitrogens with one attached hydrogen (secondary N) is 1. The van der Waals surface area contributed by atoms with Gasteiger partial charge in [0, 0.05) is 18.0 Å². The van der Waals surface area contributed by atoms with Gasteiger partial charge in [-0.05, 0) is 45.3 Å². The largest absolute Gasteiger partial charge is 0.316 e. The third-order valence-electron chi connectivity index (χ3n) is 3.67. The first-order valence-corrected chi connectivity index (χ1v) is 7.53. The molecule has 96 valence electrons. The van der Waals surface area contributed by atoms with Crippen molar-refractivity contribution in [1.82, 2.24) is 15.2 Å². The highest BCUT2D eigenvalue weighted by molar-refractivity contribution is 7.07. The molecular weight excluding hydrogens is 230 g/mol. The molecule has 1 fully saturated rings. The molecule has 1 heterocycles. The number of thiazole rings is 1. The molecule has 0 amide bonds. The Morgan fingerprint density at radius 2 is 2.41 bits per heavy atom. The first kappa shape index (κ1) is 13.0. The van der Waals surface area contributed by atoms with Crippen LogP contribution >= 0.6 is 11.3 Å². The van der Waals surface area contributed by atoms with E-state index >= 15 is 0 Å². The Balaban J connectivity index is 1.73. The van der Waals surface area contributed by atoms with Crippen molar-refractivity contribution >= 4 is 11.3 Å². The van der Waals surface area contributed by atoms with Gasteiger partial charge in [-0.3, -0.25) is 4.90 Å². The molecule has 1 aliphatic carbocycles. The van der Waals surface area contributed by atoms with E-state index in [-0.39, 0.29) is 0 Å². The molecule has 3 nitrogen and oxygen atoms in total. The SMILES string of the molecule is CCCNCC1CCC1N(C)Cc1cscn1. The molecule has 0 spiro atoms. The molecule has 2 atom stereocenters. The van der Waals surface area contributed by atoms with E-state index in [0.29, 0.717) is 0 Å². The molecule has 1 aliphatic rings. The predicted octanol–water partition coefficient (Wildman–Crippen LogP) is 2.35. The van der Waals surface area contributed by atoms with Gasteiger partial charge in [0.05, 0.1) is 11.2 Å². The molecule has 0 saturated heterocycles. The number of hydrogen-bond donors (Lipinski definition) is 1. The Bertz CT molecular complexity index is 312. The van der Waals surface area contributed by atoms with Crippen LogP contribution in [-0.4, -0.2) is 36.1 Å². The van der Waals surface area contributed by atoms with E-state index in [4.69, 9.17) is 0 Å². The maximum absolute atomic E-state index is 4.36. The van der Waals surface area contributed by atoms with Crippen molar-refractivity contribution < 1.29 is 0 Å². The lowest BCUT2D eigenvalue weighted by atomic mass is 9.78. The zero-order valence-electron chi connectivity index (χ0n) is 10.9. The standard InChI is InChI=1S/C13H23N3S/c1-3-6-14-7-11-4-5-13(11)16(2)8-12-9-17-10-15-12/h9-11,13-14H,3-8H2,1-2H3. The first-order chi connectivity index (χ1) is 8.31. The van der Waals surface area contributed by atoms with Crippen LogP contribution in [0, 0.1) is 5.92 Å². The molecule has 4 heteroatoms. The minimum absolute atomic E-state index is 0.751. The number of aromatic nitrogens is 1. The number of nitrogens with zero attached hydrogens (tertiary/aromatic N) is 2. The summed E-state index contributed by atoms with van der Waals surface area (Å²) in [4.78, 5) is 6.83. The second kappa shape index (κ2) is 6.47. The molecule has 1 aromatic heterocycles.